The highest BCUT2D eigenvalue weighted by atomic mass is 19.3. The Kier molecular flexibility index (Phi) is 7.89. The Hall–Kier alpha value is -3.76. The van der Waals surface area contributed by atoms with Gasteiger partial charge in [0.1, 0.15) is 24.5 Å². The lowest BCUT2D eigenvalue weighted by molar-refractivity contribution is -0.138. The fourth-order valence-corrected chi connectivity index (χ4v) is 4.40. The van der Waals surface area contributed by atoms with E-state index in [1.807, 2.05) is 13.8 Å². The lowest BCUT2D eigenvalue weighted by Gasteiger charge is -2.27. The molecule has 37 heavy (non-hydrogen) atoms. The van der Waals surface area contributed by atoms with Crippen LogP contribution in [0.4, 0.5) is 17.6 Å². The van der Waals surface area contributed by atoms with E-state index < -0.39 is 54.6 Å². The van der Waals surface area contributed by atoms with E-state index >= 15 is 0 Å². The molecule has 11 heteroatoms. The summed E-state index contributed by atoms with van der Waals surface area (Å²) in [6.45, 7) is 3.40. The first-order valence-electron chi connectivity index (χ1n) is 11.8. The largest absolute Gasteiger partial charge is 0.419 e. The summed E-state index contributed by atoms with van der Waals surface area (Å²) >= 11 is 0. The highest BCUT2D eigenvalue weighted by Crippen LogP contribution is 2.29. The Labute approximate surface area is 210 Å². The van der Waals surface area contributed by atoms with Gasteiger partial charge < -0.3 is 14.6 Å². The smallest absolute Gasteiger partial charge is 0.314 e. The molecule has 196 valence electrons. The number of alkyl halides is 3. The summed E-state index contributed by atoms with van der Waals surface area (Å²) in [4.78, 5) is 27.2. The summed E-state index contributed by atoms with van der Waals surface area (Å²) in [6, 6.07) is 11.7. The number of halogens is 4. The number of rotatable bonds is 8. The molecule has 1 saturated heterocycles. The molecular formula is C26H26F4N4O3. The third-order valence-corrected chi connectivity index (χ3v) is 6.24. The number of likely N-dealkylation sites (tertiary alicyclic amines) is 1. The van der Waals surface area contributed by atoms with Crippen molar-refractivity contribution in [1.29, 1.82) is 0 Å². The van der Waals surface area contributed by atoms with Crippen LogP contribution in [0.25, 0.3) is 0 Å². The minimum Gasteiger partial charge on any atom is -0.419 e. The first kappa shape index (κ1) is 26.3. The molecule has 0 bridgehead atoms. The highest BCUT2D eigenvalue weighted by Gasteiger charge is 2.41. The first-order chi connectivity index (χ1) is 17.6. The van der Waals surface area contributed by atoms with Crippen molar-refractivity contribution in [2.45, 2.75) is 57.3 Å². The molecule has 3 aromatic rings. The van der Waals surface area contributed by atoms with Gasteiger partial charge in [-0.15, -0.1) is 10.2 Å². The van der Waals surface area contributed by atoms with Crippen molar-refractivity contribution < 1.29 is 31.6 Å². The van der Waals surface area contributed by atoms with Crippen LogP contribution in [-0.4, -0.2) is 45.7 Å². The molecule has 1 N–H and O–H groups in total. The molecule has 0 saturated carbocycles. The van der Waals surface area contributed by atoms with E-state index in [2.05, 4.69) is 15.5 Å². The number of hydrogen-bond donors (Lipinski definition) is 1. The fourth-order valence-electron chi connectivity index (χ4n) is 4.40. The number of nitrogens with one attached hydrogen (secondary N) is 1. The summed E-state index contributed by atoms with van der Waals surface area (Å²) in [5, 5.41) is 9.43. The van der Waals surface area contributed by atoms with Crippen molar-refractivity contribution in [3.8, 4) is 0 Å². The molecule has 4 rings (SSSR count). The minimum atomic E-state index is -2.99. The number of hydrogen-bond acceptors (Lipinski definition) is 5. The summed E-state index contributed by atoms with van der Waals surface area (Å²) in [7, 11) is 0. The lowest BCUT2D eigenvalue weighted by atomic mass is 9.94. The van der Waals surface area contributed by atoms with Crippen LogP contribution in [0.15, 0.2) is 52.9 Å². The normalized spacial score (nSPS) is 18.4. The Morgan fingerprint density at radius 2 is 1.84 bits per heavy atom. The van der Waals surface area contributed by atoms with Gasteiger partial charge in [0.25, 0.3) is 5.89 Å². The molecule has 1 aliphatic heterocycles. The second-order valence-corrected chi connectivity index (χ2v) is 9.19. The Morgan fingerprint density at radius 1 is 1.11 bits per heavy atom. The maximum absolute atomic E-state index is 14.8. The van der Waals surface area contributed by atoms with E-state index in [0.717, 1.165) is 4.90 Å². The molecule has 1 aliphatic rings. The van der Waals surface area contributed by atoms with Gasteiger partial charge in [-0.1, -0.05) is 56.3 Å². The van der Waals surface area contributed by atoms with Crippen molar-refractivity contribution in [2.75, 3.05) is 6.54 Å². The Balaban J connectivity index is 1.56. The second kappa shape index (κ2) is 11.1. The topological polar surface area (TPSA) is 88.3 Å². The molecule has 2 heterocycles. The van der Waals surface area contributed by atoms with Gasteiger partial charge in [-0.05, 0) is 28.7 Å². The average molecular weight is 519 g/mol. The van der Waals surface area contributed by atoms with Crippen LogP contribution in [0.3, 0.4) is 0 Å². The van der Waals surface area contributed by atoms with Gasteiger partial charge in [-0.2, -0.15) is 8.78 Å². The Bertz CT molecular complexity index is 1250. The lowest BCUT2D eigenvalue weighted by Crippen LogP contribution is -2.47. The number of aromatic nitrogens is 2. The Morgan fingerprint density at radius 3 is 2.46 bits per heavy atom. The standard InChI is InChI=1S/C26H26F4N4O3/c1-14(2)18-9-8-16(10-19(18)28)23(15-6-4-3-5-7-15)31-25(36)20-11-17(27)13-34(20)22(35)12-21-32-33-26(37-21)24(29)30/h3-10,14,17,20,23-24H,11-13H2,1-2H3,(H,31,36). The molecule has 2 amide bonds. The van der Waals surface area contributed by atoms with Crippen LogP contribution >= 0.6 is 0 Å². The summed E-state index contributed by atoms with van der Waals surface area (Å²) < 4.78 is 59.4. The number of benzene rings is 2. The zero-order valence-corrected chi connectivity index (χ0v) is 20.2. The van der Waals surface area contributed by atoms with Gasteiger partial charge in [-0.3, -0.25) is 9.59 Å². The van der Waals surface area contributed by atoms with E-state index in [1.165, 1.54) is 6.07 Å². The quantitative estimate of drug-likeness (QED) is 0.439. The van der Waals surface area contributed by atoms with Crippen LogP contribution in [0.5, 0.6) is 0 Å². The van der Waals surface area contributed by atoms with E-state index in [-0.39, 0.29) is 24.8 Å². The number of amides is 2. The first-order valence-corrected chi connectivity index (χ1v) is 11.8. The van der Waals surface area contributed by atoms with Crippen LogP contribution in [-0.2, 0) is 16.0 Å². The van der Waals surface area contributed by atoms with Crippen LogP contribution in [0.2, 0.25) is 0 Å². The van der Waals surface area contributed by atoms with Gasteiger partial charge in [-0.25, -0.2) is 8.78 Å². The predicted molar refractivity (Wildman–Crippen MR) is 125 cm³/mol. The molecule has 3 atom stereocenters. The molecule has 0 spiro atoms. The number of nitrogens with zero attached hydrogens (tertiary/aromatic N) is 3. The van der Waals surface area contributed by atoms with Crippen molar-refractivity contribution in [1.82, 2.24) is 20.4 Å². The van der Waals surface area contributed by atoms with E-state index in [9.17, 15) is 27.2 Å². The SMILES string of the molecule is CC(C)c1ccc(C(NC(=O)C2CC(F)CN2C(=O)Cc2nnc(C(F)F)o2)c2ccccc2)cc1F. The molecule has 1 fully saturated rings. The van der Waals surface area contributed by atoms with Crippen LogP contribution in [0, 0.1) is 5.82 Å². The molecule has 7 nitrogen and oxygen atoms in total. The van der Waals surface area contributed by atoms with Crippen molar-refractivity contribution in [3.63, 3.8) is 0 Å². The fraction of sp³-hybridized carbons (Fsp3) is 0.385. The molecule has 2 aromatic carbocycles. The van der Waals surface area contributed by atoms with Gasteiger partial charge in [0.2, 0.25) is 17.7 Å². The number of carbonyl (C=O) groups is 2. The third-order valence-electron chi connectivity index (χ3n) is 6.24. The number of carbonyl (C=O) groups excluding carboxylic acids is 2. The van der Waals surface area contributed by atoms with E-state index in [4.69, 9.17) is 4.42 Å². The molecule has 0 radical (unpaired) electrons. The van der Waals surface area contributed by atoms with Crippen molar-refractivity contribution in [2.24, 2.45) is 0 Å². The van der Waals surface area contributed by atoms with Gasteiger partial charge >= 0.3 is 6.43 Å². The maximum Gasteiger partial charge on any atom is 0.314 e. The zero-order chi connectivity index (χ0) is 26.7. The average Bonchev–Trinajstić information content (AvgIpc) is 3.49. The van der Waals surface area contributed by atoms with Gasteiger partial charge in [0.15, 0.2) is 0 Å². The monoisotopic (exact) mass is 518 g/mol. The van der Waals surface area contributed by atoms with Crippen LogP contribution < -0.4 is 5.32 Å². The summed E-state index contributed by atoms with van der Waals surface area (Å²) in [5.74, 6) is -3.07. The minimum absolute atomic E-state index is 0.0333. The third kappa shape index (κ3) is 5.98. The van der Waals surface area contributed by atoms with Crippen molar-refractivity contribution in [3.05, 3.63) is 82.8 Å². The van der Waals surface area contributed by atoms with Crippen molar-refractivity contribution >= 4 is 11.8 Å². The van der Waals surface area contributed by atoms with Crippen LogP contribution in [0.1, 0.15) is 67.1 Å². The highest BCUT2D eigenvalue weighted by molar-refractivity contribution is 5.89. The van der Waals surface area contributed by atoms with E-state index in [1.54, 1.807) is 42.5 Å². The molecule has 3 unspecified atom stereocenters. The predicted octanol–water partition coefficient (Wildman–Crippen LogP) is 4.66. The second-order valence-electron chi connectivity index (χ2n) is 9.19. The summed E-state index contributed by atoms with van der Waals surface area (Å²) in [6.07, 6.45) is -5.25. The molecular weight excluding hydrogens is 492 g/mol. The maximum atomic E-state index is 14.8. The molecule has 0 aliphatic carbocycles. The molecule has 1 aromatic heterocycles. The van der Waals surface area contributed by atoms with E-state index in [0.29, 0.717) is 16.7 Å². The zero-order valence-electron chi connectivity index (χ0n) is 20.2. The van der Waals surface area contributed by atoms with Gasteiger partial charge in [0.05, 0.1) is 12.6 Å². The van der Waals surface area contributed by atoms with Gasteiger partial charge in [0, 0.05) is 6.42 Å². The summed E-state index contributed by atoms with van der Waals surface area (Å²) in [5.41, 5.74) is 1.69.